The Morgan fingerprint density at radius 3 is 2.41 bits per heavy atom. The molecular formula is C20H22FN3O3. The first-order valence-corrected chi connectivity index (χ1v) is 9.04. The maximum atomic E-state index is 13.2. The number of rotatable bonds is 7. The van der Waals surface area contributed by atoms with E-state index >= 15 is 0 Å². The summed E-state index contributed by atoms with van der Waals surface area (Å²) in [5.41, 5.74) is 0.644. The van der Waals surface area contributed by atoms with E-state index in [1.54, 1.807) is 30.3 Å². The van der Waals surface area contributed by atoms with Gasteiger partial charge in [-0.3, -0.25) is 14.9 Å². The molecule has 1 fully saturated rings. The van der Waals surface area contributed by atoms with Crippen LogP contribution < -0.4 is 10.6 Å². The number of hydrogen-bond donors (Lipinski definition) is 2. The Hall–Kier alpha value is -2.96. The summed E-state index contributed by atoms with van der Waals surface area (Å²) < 4.78 is 13.2. The van der Waals surface area contributed by atoms with E-state index < -0.39 is 10.3 Å². The van der Waals surface area contributed by atoms with Crippen molar-refractivity contribution in [2.75, 3.05) is 18.4 Å². The van der Waals surface area contributed by atoms with Crippen LogP contribution >= 0.6 is 0 Å². The van der Waals surface area contributed by atoms with Crippen LogP contribution in [-0.4, -0.2) is 23.9 Å². The van der Waals surface area contributed by atoms with E-state index in [1.165, 1.54) is 18.2 Å². The number of benzene rings is 2. The molecular weight excluding hydrogens is 349 g/mol. The van der Waals surface area contributed by atoms with Gasteiger partial charge in [0, 0.05) is 19.2 Å². The maximum Gasteiger partial charge on any atom is 0.292 e. The van der Waals surface area contributed by atoms with Gasteiger partial charge >= 0.3 is 0 Å². The van der Waals surface area contributed by atoms with Crippen molar-refractivity contribution >= 4 is 17.3 Å². The summed E-state index contributed by atoms with van der Waals surface area (Å²) in [5.74, 6) is -0.392. The quantitative estimate of drug-likeness (QED) is 0.441. The number of carbonyl (C=O) groups is 1. The van der Waals surface area contributed by atoms with Gasteiger partial charge in [-0.25, -0.2) is 4.39 Å². The zero-order chi connectivity index (χ0) is 19.3. The molecule has 0 aromatic heterocycles. The Bertz CT molecular complexity index is 817. The first kappa shape index (κ1) is 18.8. The van der Waals surface area contributed by atoms with Gasteiger partial charge in [0.2, 0.25) is 5.91 Å². The summed E-state index contributed by atoms with van der Waals surface area (Å²) in [6.07, 6.45) is 3.39. The lowest BCUT2D eigenvalue weighted by molar-refractivity contribution is -0.384. The van der Waals surface area contributed by atoms with E-state index in [0.717, 1.165) is 31.2 Å². The Morgan fingerprint density at radius 2 is 1.74 bits per heavy atom. The van der Waals surface area contributed by atoms with E-state index in [1.807, 2.05) is 0 Å². The molecule has 142 valence electrons. The number of amides is 1. The number of para-hydroxylation sites is 2. The van der Waals surface area contributed by atoms with Gasteiger partial charge in [0.05, 0.1) is 10.3 Å². The first-order chi connectivity index (χ1) is 13.0. The SMILES string of the molecule is O=C(NCCNc1ccccc1[N+](=O)[O-])C1(c2ccc(F)cc2)CCCC1. The molecule has 0 bridgehead atoms. The summed E-state index contributed by atoms with van der Waals surface area (Å²) in [6.45, 7) is 0.712. The number of nitrogens with one attached hydrogen (secondary N) is 2. The number of hydrogen-bond acceptors (Lipinski definition) is 4. The monoisotopic (exact) mass is 371 g/mol. The Morgan fingerprint density at radius 1 is 1.07 bits per heavy atom. The number of halogens is 1. The predicted octanol–water partition coefficient (Wildman–Crippen LogP) is 3.77. The molecule has 0 spiro atoms. The number of carbonyl (C=O) groups excluding carboxylic acids is 1. The van der Waals surface area contributed by atoms with Crippen LogP contribution in [0.25, 0.3) is 0 Å². The van der Waals surface area contributed by atoms with Gasteiger partial charge in [-0.15, -0.1) is 0 Å². The van der Waals surface area contributed by atoms with Gasteiger partial charge in [0.1, 0.15) is 11.5 Å². The van der Waals surface area contributed by atoms with E-state index in [-0.39, 0.29) is 17.4 Å². The number of anilines is 1. The van der Waals surface area contributed by atoms with Crippen molar-refractivity contribution in [3.8, 4) is 0 Å². The lowest BCUT2D eigenvalue weighted by Gasteiger charge is -2.28. The first-order valence-electron chi connectivity index (χ1n) is 9.04. The highest BCUT2D eigenvalue weighted by Crippen LogP contribution is 2.41. The number of nitro benzene ring substituents is 1. The number of nitrogens with zero attached hydrogens (tertiary/aromatic N) is 1. The van der Waals surface area contributed by atoms with Crippen molar-refractivity contribution in [3.63, 3.8) is 0 Å². The third-order valence-electron chi connectivity index (χ3n) is 5.12. The van der Waals surface area contributed by atoms with E-state index in [9.17, 15) is 19.3 Å². The minimum absolute atomic E-state index is 0.00222. The Kier molecular flexibility index (Phi) is 5.69. The zero-order valence-electron chi connectivity index (χ0n) is 14.9. The van der Waals surface area contributed by atoms with E-state index in [2.05, 4.69) is 10.6 Å². The molecule has 0 aliphatic heterocycles. The highest BCUT2D eigenvalue weighted by atomic mass is 19.1. The molecule has 1 aliphatic rings. The van der Waals surface area contributed by atoms with Crippen molar-refractivity contribution in [1.29, 1.82) is 0 Å². The van der Waals surface area contributed by atoms with Crippen molar-refractivity contribution in [3.05, 3.63) is 70.0 Å². The minimum Gasteiger partial charge on any atom is -0.378 e. The van der Waals surface area contributed by atoms with Gasteiger partial charge in [0.15, 0.2) is 0 Å². The number of nitro groups is 1. The molecule has 1 saturated carbocycles. The van der Waals surface area contributed by atoms with Crippen molar-refractivity contribution in [2.24, 2.45) is 0 Å². The van der Waals surface area contributed by atoms with Gasteiger partial charge in [-0.05, 0) is 36.6 Å². The van der Waals surface area contributed by atoms with Crippen LogP contribution in [0.2, 0.25) is 0 Å². The molecule has 0 heterocycles. The maximum absolute atomic E-state index is 13.2. The minimum atomic E-state index is -0.619. The lowest BCUT2D eigenvalue weighted by atomic mass is 9.78. The normalized spacial score (nSPS) is 15.3. The van der Waals surface area contributed by atoms with Crippen LogP contribution in [0.4, 0.5) is 15.8 Å². The van der Waals surface area contributed by atoms with Gasteiger partial charge in [-0.1, -0.05) is 37.1 Å². The summed E-state index contributed by atoms with van der Waals surface area (Å²) in [5, 5.41) is 17.0. The van der Waals surface area contributed by atoms with Crippen LogP contribution in [0.15, 0.2) is 48.5 Å². The van der Waals surface area contributed by atoms with Crippen molar-refractivity contribution < 1.29 is 14.1 Å². The molecule has 0 radical (unpaired) electrons. The molecule has 1 amide bonds. The summed E-state index contributed by atoms with van der Waals surface area (Å²) in [4.78, 5) is 23.5. The zero-order valence-corrected chi connectivity index (χ0v) is 14.9. The van der Waals surface area contributed by atoms with Crippen LogP contribution in [0.5, 0.6) is 0 Å². The Balaban J connectivity index is 1.61. The summed E-state index contributed by atoms with van der Waals surface area (Å²) in [6, 6.07) is 12.5. The van der Waals surface area contributed by atoms with E-state index in [4.69, 9.17) is 0 Å². The predicted molar refractivity (Wildman–Crippen MR) is 101 cm³/mol. The lowest BCUT2D eigenvalue weighted by Crippen LogP contribution is -2.44. The van der Waals surface area contributed by atoms with Crippen LogP contribution in [-0.2, 0) is 10.2 Å². The topological polar surface area (TPSA) is 84.3 Å². The fourth-order valence-corrected chi connectivity index (χ4v) is 3.72. The van der Waals surface area contributed by atoms with Crippen LogP contribution in [0.1, 0.15) is 31.2 Å². The molecule has 2 N–H and O–H groups in total. The highest BCUT2D eigenvalue weighted by Gasteiger charge is 2.42. The van der Waals surface area contributed by atoms with Gasteiger partial charge in [-0.2, -0.15) is 0 Å². The third-order valence-corrected chi connectivity index (χ3v) is 5.12. The fourth-order valence-electron chi connectivity index (χ4n) is 3.72. The molecule has 7 heteroatoms. The van der Waals surface area contributed by atoms with Crippen molar-refractivity contribution in [1.82, 2.24) is 5.32 Å². The van der Waals surface area contributed by atoms with Gasteiger partial charge in [0.25, 0.3) is 5.69 Å². The molecule has 1 aliphatic carbocycles. The molecule has 0 saturated heterocycles. The third kappa shape index (κ3) is 4.07. The molecule has 3 rings (SSSR count). The molecule has 2 aromatic rings. The largest absolute Gasteiger partial charge is 0.378 e. The van der Waals surface area contributed by atoms with Crippen LogP contribution in [0, 0.1) is 15.9 Å². The second kappa shape index (κ2) is 8.16. The summed E-state index contributed by atoms with van der Waals surface area (Å²) in [7, 11) is 0. The van der Waals surface area contributed by atoms with Crippen LogP contribution in [0.3, 0.4) is 0 Å². The van der Waals surface area contributed by atoms with Gasteiger partial charge < -0.3 is 10.6 Å². The summed E-state index contributed by atoms with van der Waals surface area (Å²) >= 11 is 0. The Labute approximate surface area is 156 Å². The second-order valence-corrected chi connectivity index (χ2v) is 6.75. The molecule has 0 atom stereocenters. The van der Waals surface area contributed by atoms with E-state index in [0.29, 0.717) is 18.8 Å². The second-order valence-electron chi connectivity index (χ2n) is 6.75. The molecule has 2 aromatic carbocycles. The smallest absolute Gasteiger partial charge is 0.292 e. The average Bonchev–Trinajstić information content (AvgIpc) is 3.17. The van der Waals surface area contributed by atoms with Crippen molar-refractivity contribution in [2.45, 2.75) is 31.1 Å². The fraction of sp³-hybridized carbons (Fsp3) is 0.350. The standard InChI is InChI=1S/C20H22FN3O3/c21-16-9-7-15(8-10-16)20(11-3-4-12-20)19(25)23-14-13-22-17-5-1-2-6-18(17)24(26)27/h1-2,5-10,22H,3-4,11-14H2,(H,23,25). The molecule has 0 unspecified atom stereocenters. The average molecular weight is 371 g/mol. The highest BCUT2D eigenvalue weighted by molar-refractivity contribution is 5.88. The molecule has 6 nitrogen and oxygen atoms in total. The molecule has 27 heavy (non-hydrogen) atoms.